The molecule has 3 rings (SSSR count). The van der Waals surface area contributed by atoms with E-state index in [4.69, 9.17) is 0 Å². The van der Waals surface area contributed by atoms with Crippen molar-refractivity contribution in [2.24, 2.45) is 0 Å². The molecule has 0 saturated heterocycles. The number of para-hydroxylation sites is 1. The summed E-state index contributed by atoms with van der Waals surface area (Å²) in [6.07, 6.45) is 0. The summed E-state index contributed by atoms with van der Waals surface area (Å²) in [5.74, 6) is -0.0876. The molecule has 3 nitrogen and oxygen atoms in total. The number of rotatable bonds is 7. The molecule has 0 heterocycles. The highest BCUT2D eigenvalue weighted by atomic mass is 79.9. The van der Waals surface area contributed by atoms with Crippen molar-refractivity contribution >= 4 is 55.1 Å². The predicted molar refractivity (Wildman–Crippen MR) is 122 cm³/mol. The fourth-order valence-electron chi connectivity index (χ4n) is 2.83. The van der Waals surface area contributed by atoms with Crippen molar-refractivity contribution in [3.8, 4) is 5.40 Å². The van der Waals surface area contributed by atoms with Crippen LogP contribution in [0.4, 0.5) is 5.69 Å². The van der Waals surface area contributed by atoms with Gasteiger partial charge in [0.05, 0.1) is 6.04 Å². The number of nitriles is 1. The Bertz CT molecular complexity index is 970. The number of anilines is 1. The molecule has 0 radical (unpaired) electrons. The second-order valence-corrected chi connectivity index (χ2v) is 8.80. The van der Waals surface area contributed by atoms with Crippen LogP contribution in [0.3, 0.4) is 0 Å². The van der Waals surface area contributed by atoms with Crippen molar-refractivity contribution in [2.75, 3.05) is 5.32 Å². The van der Waals surface area contributed by atoms with Gasteiger partial charge in [0.15, 0.2) is 5.78 Å². The van der Waals surface area contributed by atoms with Crippen LogP contribution in [0.2, 0.25) is 0 Å². The standard InChI is InChI=1S/C22H16Br2N2OS/c23-17-10-6-15(7-11-17)20(26-19-4-2-1-3-5-19)22(28-14-25)21(27)16-8-12-18(24)13-9-16/h1-13,20,22,26H/t20-,22+/m1/s1. The average molecular weight is 516 g/mol. The molecule has 0 fully saturated rings. The first-order valence-electron chi connectivity index (χ1n) is 8.50. The van der Waals surface area contributed by atoms with E-state index in [1.165, 1.54) is 0 Å². The van der Waals surface area contributed by atoms with E-state index in [-0.39, 0.29) is 11.8 Å². The normalized spacial score (nSPS) is 12.6. The highest BCUT2D eigenvalue weighted by molar-refractivity contribution is 9.10. The number of nitrogens with one attached hydrogen (secondary N) is 1. The second-order valence-electron chi connectivity index (χ2n) is 6.04. The van der Waals surface area contributed by atoms with Gasteiger partial charge >= 0.3 is 0 Å². The Labute approximate surface area is 185 Å². The SMILES string of the molecule is N#CS[C@H](C(=O)c1ccc(Br)cc1)[C@H](Nc1ccccc1)c1ccc(Br)cc1. The lowest BCUT2D eigenvalue weighted by Crippen LogP contribution is -2.30. The molecule has 3 aromatic rings. The molecule has 3 aromatic carbocycles. The number of thioether (sulfide) groups is 1. The molecule has 140 valence electrons. The molecule has 28 heavy (non-hydrogen) atoms. The number of benzene rings is 3. The average Bonchev–Trinajstić information content (AvgIpc) is 2.72. The molecular weight excluding hydrogens is 500 g/mol. The summed E-state index contributed by atoms with van der Waals surface area (Å²) >= 11 is 7.83. The monoisotopic (exact) mass is 514 g/mol. The van der Waals surface area contributed by atoms with Gasteiger partial charge in [0, 0.05) is 20.2 Å². The number of ketones is 1. The molecule has 1 N–H and O–H groups in total. The van der Waals surface area contributed by atoms with Crippen molar-refractivity contribution in [3.63, 3.8) is 0 Å². The first-order valence-corrected chi connectivity index (χ1v) is 11.0. The van der Waals surface area contributed by atoms with Gasteiger partial charge in [-0.25, -0.2) is 0 Å². The molecule has 6 heteroatoms. The number of thiocyanates is 1. The predicted octanol–water partition coefficient (Wildman–Crippen LogP) is 6.83. The van der Waals surface area contributed by atoms with Gasteiger partial charge in [0.2, 0.25) is 0 Å². The number of hydrogen-bond acceptors (Lipinski definition) is 4. The Morgan fingerprint density at radius 1 is 0.893 bits per heavy atom. The molecule has 0 saturated carbocycles. The van der Waals surface area contributed by atoms with Crippen molar-refractivity contribution in [3.05, 3.63) is 98.9 Å². The largest absolute Gasteiger partial charge is 0.377 e. The zero-order chi connectivity index (χ0) is 19.9. The first kappa shape index (κ1) is 20.7. The summed E-state index contributed by atoms with van der Waals surface area (Å²) in [7, 11) is 0. The molecule has 0 unspecified atom stereocenters. The smallest absolute Gasteiger partial charge is 0.179 e. The number of carbonyl (C=O) groups excluding carboxylic acids is 1. The van der Waals surface area contributed by atoms with E-state index in [1.807, 2.05) is 66.7 Å². The van der Waals surface area contributed by atoms with Crippen LogP contribution in [0.25, 0.3) is 0 Å². The maximum Gasteiger partial charge on any atom is 0.179 e. The summed E-state index contributed by atoms with van der Waals surface area (Å²) in [5.41, 5.74) is 2.40. The quantitative estimate of drug-likeness (QED) is 0.276. The van der Waals surface area contributed by atoms with Crippen LogP contribution >= 0.6 is 43.6 Å². The van der Waals surface area contributed by atoms with E-state index in [2.05, 4.69) is 42.6 Å². The van der Waals surface area contributed by atoms with E-state index in [1.54, 1.807) is 12.1 Å². The molecule has 0 bridgehead atoms. The minimum absolute atomic E-state index is 0.0876. The minimum Gasteiger partial charge on any atom is -0.377 e. The number of nitrogens with zero attached hydrogens (tertiary/aromatic N) is 1. The van der Waals surface area contributed by atoms with Gasteiger partial charge in [-0.1, -0.05) is 74.3 Å². The lowest BCUT2D eigenvalue weighted by atomic mass is 9.97. The molecular formula is C22H16Br2N2OS. The third-order valence-corrected chi connectivity index (χ3v) is 6.10. The highest BCUT2D eigenvalue weighted by Gasteiger charge is 2.31. The Balaban J connectivity index is 2.00. The van der Waals surface area contributed by atoms with Gasteiger partial charge in [0.1, 0.15) is 10.7 Å². The molecule has 2 atom stereocenters. The lowest BCUT2D eigenvalue weighted by Gasteiger charge is -2.26. The van der Waals surface area contributed by atoms with Crippen molar-refractivity contribution in [2.45, 2.75) is 11.3 Å². The van der Waals surface area contributed by atoms with Crippen LogP contribution < -0.4 is 5.32 Å². The van der Waals surface area contributed by atoms with E-state index < -0.39 is 5.25 Å². The number of halogens is 2. The Morgan fingerprint density at radius 2 is 1.46 bits per heavy atom. The Hall–Kier alpha value is -2.07. The van der Waals surface area contributed by atoms with Crippen LogP contribution in [0.5, 0.6) is 0 Å². The third kappa shape index (κ3) is 5.26. The van der Waals surface area contributed by atoms with E-state index in [0.29, 0.717) is 5.56 Å². The maximum absolute atomic E-state index is 13.3. The molecule has 0 amide bonds. The third-order valence-electron chi connectivity index (χ3n) is 4.19. The topological polar surface area (TPSA) is 52.9 Å². The maximum atomic E-state index is 13.3. The summed E-state index contributed by atoms with van der Waals surface area (Å²) in [6, 6.07) is 24.4. The first-order chi connectivity index (χ1) is 13.6. The Morgan fingerprint density at radius 3 is 2.04 bits per heavy atom. The van der Waals surface area contributed by atoms with Crippen LogP contribution in [-0.4, -0.2) is 11.0 Å². The van der Waals surface area contributed by atoms with Gasteiger partial charge in [-0.05, 0) is 53.7 Å². The van der Waals surface area contributed by atoms with E-state index in [9.17, 15) is 10.1 Å². The molecule has 0 aliphatic carbocycles. The highest BCUT2D eigenvalue weighted by Crippen LogP contribution is 2.33. The second kappa shape index (κ2) is 9.92. The molecule has 0 aliphatic rings. The van der Waals surface area contributed by atoms with Crippen molar-refractivity contribution < 1.29 is 4.79 Å². The fraction of sp³-hybridized carbons (Fsp3) is 0.0909. The van der Waals surface area contributed by atoms with Gasteiger partial charge in [0.25, 0.3) is 0 Å². The zero-order valence-corrected chi connectivity index (χ0v) is 18.7. The van der Waals surface area contributed by atoms with Gasteiger partial charge in [-0.15, -0.1) is 0 Å². The summed E-state index contributed by atoms with van der Waals surface area (Å²) < 4.78 is 1.86. The van der Waals surface area contributed by atoms with Crippen LogP contribution in [0, 0.1) is 10.7 Å². The van der Waals surface area contributed by atoms with Crippen LogP contribution in [-0.2, 0) is 0 Å². The summed E-state index contributed by atoms with van der Waals surface area (Å²) in [6.45, 7) is 0. The number of carbonyl (C=O) groups is 1. The van der Waals surface area contributed by atoms with Crippen LogP contribution in [0.15, 0.2) is 87.8 Å². The summed E-state index contributed by atoms with van der Waals surface area (Å²) in [5, 5.41) is 14.4. The van der Waals surface area contributed by atoms with Gasteiger partial charge < -0.3 is 5.32 Å². The van der Waals surface area contributed by atoms with E-state index in [0.717, 1.165) is 32.0 Å². The minimum atomic E-state index is -0.604. The fourth-order valence-corrected chi connectivity index (χ4v) is 4.07. The molecule has 0 spiro atoms. The molecule has 0 aliphatic heterocycles. The van der Waals surface area contributed by atoms with Crippen molar-refractivity contribution in [1.82, 2.24) is 0 Å². The lowest BCUT2D eigenvalue weighted by molar-refractivity contribution is 0.0983. The molecule has 0 aromatic heterocycles. The van der Waals surface area contributed by atoms with Crippen molar-refractivity contribution in [1.29, 1.82) is 5.26 Å². The number of hydrogen-bond donors (Lipinski definition) is 1. The van der Waals surface area contributed by atoms with E-state index >= 15 is 0 Å². The Kier molecular flexibility index (Phi) is 7.32. The number of Topliss-reactive ketones (excluding diaryl/α,β-unsaturated/α-hetero) is 1. The van der Waals surface area contributed by atoms with Gasteiger partial charge in [-0.3, -0.25) is 4.79 Å². The van der Waals surface area contributed by atoms with Crippen LogP contribution in [0.1, 0.15) is 22.0 Å². The summed E-state index contributed by atoms with van der Waals surface area (Å²) in [4.78, 5) is 13.3. The zero-order valence-electron chi connectivity index (χ0n) is 14.7. The van der Waals surface area contributed by atoms with Gasteiger partial charge in [-0.2, -0.15) is 5.26 Å².